The second-order valence-corrected chi connectivity index (χ2v) is 5.74. The summed E-state index contributed by atoms with van der Waals surface area (Å²) in [5.74, 6) is 1.22. The first kappa shape index (κ1) is 15.9. The molecule has 4 heteroatoms. The molecule has 0 aliphatic heterocycles. The summed E-state index contributed by atoms with van der Waals surface area (Å²) < 4.78 is 11.8. The summed E-state index contributed by atoms with van der Waals surface area (Å²) in [6.45, 7) is 4.01. The van der Waals surface area contributed by atoms with Crippen LogP contribution in [0.1, 0.15) is 28.4 Å². The van der Waals surface area contributed by atoms with E-state index in [9.17, 15) is 5.11 Å². The van der Waals surface area contributed by atoms with Crippen molar-refractivity contribution in [3.63, 3.8) is 0 Å². The number of halogens is 1. The van der Waals surface area contributed by atoms with Gasteiger partial charge in [-0.3, -0.25) is 0 Å². The van der Waals surface area contributed by atoms with Crippen LogP contribution in [0.2, 0.25) is 0 Å². The highest BCUT2D eigenvalue weighted by molar-refractivity contribution is 9.10. The van der Waals surface area contributed by atoms with Crippen LogP contribution in [-0.4, -0.2) is 19.3 Å². The van der Waals surface area contributed by atoms with Crippen LogP contribution in [0.15, 0.2) is 34.8 Å². The van der Waals surface area contributed by atoms with Crippen LogP contribution in [0.3, 0.4) is 0 Å². The number of hydrogen-bond donors (Lipinski definition) is 1. The molecule has 0 spiro atoms. The Balaban J connectivity index is 2.57. The van der Waals surface area contributed by atoms with Crippen molar-refractivity contribution in [2.45, 2.75) is 20.0 Å². The molecule has 0 saturated heterocycles. The van der Waals surface area contributed by atoms with Crippen molar-refractivity contribution < 1.29 is 14.6 Å². The second kappa shape index (κ2) is 6.50. The van der Waals surface area contributed by atoms with Gasteiger partial charge < -0.3 is 14.6 Å². The molecular weight excluding hydrogens is 332 g/mol. The van der Waals surface area contributed by atoms with Crippen LogP contribution in [0.4, 0.5) is 0 Å². The first-order valence-corrected chi connectivity index (χ1v) is 7.44. The Morgan fingerprint density at radius 1 is 1.00 bits per heavy atom. The number of aliphatic hydroxyl groups excluding tert-OH is 1. The first-order valence-electron chi connectivity index (χ1n) is 6.65. The summed E-state index contributed by atoms with van der Waals surface area (Å²) >= 11 is 3.54. The maximum atomic E-state index is 10.8. The summed E-state index contributed by atoms with van der Waals surface area (Å²) in [7, 11) is 3.17. The van der Waals surface area contributed by atoms with Crippen molar-refractivity contribution in [2.24, 2.45) is 0 Å². The Morgan fingerprint density at radius 3 is 1.90 bits per heavy atom. The van der Waals surface area contributed by atoms with E-state index in [2.05, 4.69) is 15.9 Å². The number of methoxy groups -OCH3 is 2. The number of aliphatic hydroxyl groups is 1. The predicted molar refractivity (Wildman–Crippen MR) is 87.2 cm³/mol. The number of rotatable bonds is 4. The fourth-order valence-corrected chi connectivity index (χ4v) is 2.68. The van der Waals surface area contributed by atoms with Crippen LogP contribution in [-0.2, 0) is 0 Å². The molecule has 112 valence electrons. The zero-order valence-corrected chi connectivity index (χ0v) is 14.2. The van der Waals surface area contributed by atoms with E-state index in [0.717, 1.165) is 21.2 Å². The number of benzene rings is 2. The maximum Gasteiger partial charge on any atom is 0.128 e. The average Bonchev–Trinajstić information content (AvgIpc) is 2.50. The van der Waals surface area contributed by atoms with Crippen molar-refractivity contribution in [2.75, 3.05) is 14.2 Å². The fraction of sp³-hybridized carbons (Fsp3) is 0.294. The van der Waals surface area contributed by atoms with Crippen molar-refractivity contribution in [1.29, 1.82) is 0 Å². The topological polar surface area (TPSA) is 38.7 Å². The van der Waals surface area contributed by atoms with Crippen molar-refractivity contribution in [3.8, 4) is 11.5 Å². The van der Waals surface area contributed by atoms with E-state index in [1.807, 2.05) is 44.2 Å². The summed E-state index contributed by atoms with van der Waals surface area (Å²) in [6.07, 6.45) is -0.804. The maximum absolute atomic E-state index is 10.8. The standard InChI is InChI=1S/C17H19BrO3/c1-10-8-12(9-11(2)16(10)18)17(19)15-13(20-3)6-5-7-14(15)21-4/h5-9,17,19H,1-4H3. The van der Waals surface area contributed by atoms with E-state index in [1.54, 1.807) is 14.2 Å². The SMILES string of the molecule is COc1cccc(OC)c1C(O)c1cc(C)c(Br)c(C)c1. The summed E-state index contributed by atoms with van der Waals surface area (Å²) in [5, 5.41) is 10.8. The predicted octanol–water partition coefficient (Wildman–Crippen LogP) is 4.16. The Morgan fingerprint density at radius 2 is 1.48 bits per heavy atom. The van der Waals surface area contributed by atoms with Gasteiger partial charge in [-0.1, -0.05) is 34.1 Å². The molecule has 0 aromatic heterocycles. The normalized spacial score (nSPS) is 12.1. The second-order valence-electron chi connectivity index (χ2n) is 4.95. The van der Waals surface area contributed by atoms with Gasteiger partial charge in [0.2, 0.25) is 0 Å². The Bertz CT molecular complexity index is 607. The zero-order valence-electron chi connectivity index (χ0n) is 12.6. The van der Waals surface area contributed by atoms with Gasteiger partial charge in [0, 0.05) is 4.47 Å². The molecule has 0 amide bonds. The highest BCUT2D eigenvalue weighted by atomic mass is 79.9. The minimum absolute atomic E-state index is 0.611. The van der Waals surface area contributed by atoms with Crippen LogP contribution >= 0.6 is 15.9 Å². The van der Waals surface area contributed by atoms with E-state index in [0.29, 0.717) is 17.1 Å². The highest BCUT2D eigenvalue weighted by Crippen LogP contribution is 2.38. The molecule has 0 heterocycles. The van der Waals surface area contributed by atoms with Gasteiger partial charge >= 0.3 is 0 Å². The minimum Gasteiger partial charge on any atom is -0.496 e. The van der Waals surface area contributed by atoms with Gasteiger partial charge in [-0.2, -0.15) is 0 Å². The van der Waals surface area contributed by atoms with E-state index in [-0.39, 0.29) is 0 Å². The summed E-state index contributed by atoms with van der Waals surface area (Å²) in [4.78, 5) is 0. The molecule has 21 heavy (non-hydrogen) atoms. The lowest BCUT2D eigenvalue weighted by atomic mass is 9.96. The molecule has 2 rings (SSSR count). The summed E-state index contributed by atoms with van der Waals surface area (Å²) in [6, 6.07) is 9.41. The van der Waals surface area contributed by atoms with Crippen LogP contribution in [0, 0.1) is 13.8 Å². The van der Waals surface area contributed by atoms with Crippen LogP contribution < -0.4 is 9.47 Å². The number of ether oxygens (including phenoxy) is 2. The van der Waals surface area contributed by atoms with Gasteiger partial charge in [-0.05, 0) is 42.7 Å². The van der Waals surface area contributed by atoms with E-state index < -0.39 is 6.10 Å². The lowest BCUT2D eigenvalue weighted by Gasteiger charge is -2.19. The lowest BCUT2D eigenvalue weighted by Crippen LogP contribution is -2.06. The number of hydrogen-bond acceptors (Lipinski definition) is 3. The average molecular weight is 351 g/mol. The molecule has 2 aromatic rings. The smallest absolute Gasteiger partial charge is 0.128 e. The molecule has 3 nitrogen and oxygen atoms in total. The van der Waals surface area contributed by atoms with E-state index in [1.165, 1.54) is 0 Å². The van der Waals surface area contributed by atoms with Crippen molar-refractivity contribution >= 4 is 15.9 Å². The van der Waals surface area contributed by atoms with Crippen molar-refractivity contribution in [1.82, 2.24) is 0 Å². The molecule has 0 bridgehead atoms. The highest BCUT2D eigenvalue weighted by Gasteiger charge is 2.21. The molecule has 1 atom stereocenters. The Hall–Kier alpha value is -1.52. The first-order chi connectivity index (χ1) is 9.99. The van der Waals surface area contributed by atoms with Gasteiger partial charge in [0.15, 0.2) is 0 Å². The zero-order chi connectivity index (χ0) is 15.6. The number of aryl methyl sites for hydroxylation is 2. The third-order valence-corrected chi connectivity index (χ3v) is 4.76. The van der Waals surface area contributed by atoms with Crippen molar-refractivity contribution in [3.05, 3.63) is 57.1 Å². The Kier molecular flexibility index (Phi) is 4.91. The molecule has 0 aliphatic rings. The fourth-order valence-electron chi connectivity index (χ4n) is 2.45. The monoisotopic (exact) mass is 350 g/mol. The molecule has 2 aromatic carbocycles. The molecule has 0 aliphatic carbocycles. The molecule has 1 unspecified atom stereocenters. The summed E-state index contributed by atoms with van der Waals surface area (Å²) in [5.41, 5.74) is 3.62. The van der Waals surface area contributed by atoms with E-state index >= 15 is 0 Å². The molecule has 0 saturated carbocycles. The van der Waals surface area contributed by atoms with Crippen LogP contribution in [0.5, 0.6) is 11.5 Å². The van der Waals surface area contributed by atoms with Gasteiger partial charge in [-0.25, -0.2) is 0 Å². The molecule has 1 N–H and O–H groups in total. The third-order valence-electron chi connectivity index (χ3n) is 3.51. The largest absolute Gasteiger partial charge is 0.496 e. The van der Waals surface area contributed by atoms with Gasteiger partial charge in [0.25, 0.3) is 0 Å². The minimum atomic E-state index is -0.804. The lowest BCUT2D eigenvalue weighted by molar-refractivity contribution is 0.208. The van der Waals surface area contributed by atoms with E-state index in [4.69, 9.17) is 9.47 Å². The van der Waals surface area contributed by atoms with Gasteiger partial charge in [0.05, 0.1) is 19.8 Å². The van der Waals surface area contributed by atoms with Gasteiger partial charge in [-0.15, -0.1) is 0 Å². The molecule has 0 radical (unpaired) electrons. The Labute approximate surface area is 133 Å². The molecular formula is C17H19BrO3. The molecule has 0 fully saturated rings. The quantitative estimate of drug-likeness (QED) is 0.899. The van der Waals surface area contributed by atoms with Crippen LogP contribution in [0.25, 0.3) is 0 Å². The van der Waals surface area contributed by atoms with Gasteiger partial charge in [0.1, 0.15) is 17.6 Å². The third kappa shape index (κ3) is 3.06.